The molecule has 0 aliphatic rings. The molecule has 0 heterocycles. The Hall–Kier alpha value is -3.64. The third kappa shape index (κ3) is 8.86. The minimum Gasteiger partial charge on any atom is -0.494 e. The Balaban J connectivity index is 1.75. The summed E-state index contributed by atoms with van der Waals surface area (Å²) in [5.74, 6) is -0.0209. The Labute approximate surface area is 213 Å². The van der Waals surface area contributed by atoms with E-state index in [2.05, 4.69) is 5.32 Å². The number of esters is 2. The molecule has 36 heavy (non-hydrogen) atoms. The Kier molecular flexibility index (Phi) is 11.0. The lowest BCUT2D eigenvalue weighted by Gasteiger charge is -2.24. The van der Waals surface area contributed by atoms with Crippen molar-refractivity contribution in [2.45, 2.75) is 51.8 Å². The van der Waals surface area contributed by atoms with E-state index in [9.17, 15) is 9.59 Å². The normalized spacial score (nSPS) is 12.4. The van der Waals surface area contributed by atoms with Crippen LogP contribution in [0.2, 0.25) is 0 Å². The molecule has 0 saturated heterocycles. The van der Waals surface area contributed by atoms with E-state index in [0.29, 0.717) is 25.9 Å². The van der Waals surface area contributed by atoms with E-state index in [-0.39, 0.29) is 19.2 Å². The number of hydrogen-bond acceptors (Lipinski definition) is 6. The molecule has 0 aromatic heterocycles. The summed E-state index contributed by atoms with van der Waals surface area (Å²) < 4.78 is 16.5. The quantitative estimate of drug-likeness (QED) is 0.325. The van der Waals surface area contributed by atoms with Gasteiger partial charge >= 0.3 is 11.9 Å². The maximum Gasteiger partial charge on any atom is 0.323 e. The van der Waals surface area contributed by atoms with Crippen LogP contribution in [0.3, 0.4) is 0 Å². The number of ether oxygens (including phenoxy) is 3. The first-order valence-electron chi connectivity index (χ1n) is 12.5. The predicted octanol–water partition coefficient (Wildman–Crippen LogP) is 4.89. The van der Waals surface area contributed by atoms with Gasteiger partial charge in [0.25, 0.3) is 0 Å². The second-order valence-electron chi connectivity index (χ2n) is 8.42. The van der Waals surface area contributed by atoms with Crippen LogP contribution in [0.4, 0.5) is 0 Å². The van der Waals surface area contributed by atoms with Crippen molar-refractivity contribution >= 4 is 11.9 Å². The molecule has 0 aliphatic carbocycles. The topological polar surface area (TPSA) is 73.9 Å². The van der Waals surface area contributed by atoms with Crippen LogP contribution < -0.4 is 10.1 Å². The maximum atomic E-state index is 13.2. The van der Waals surface area contributed by atoms with E-state index >= 15 is 0 Å². The highest BCUT2D eigenvalue weighted by Crippen LogP contribution is 2.16. The number of hydrogen-bond donors (Lipinski definition) is 1. The van der Waals surface area contributed by atoms with Gasteiger partial charge in [-0.2, -0.15) is 0 Å². The van der Waals surface area contributed by atoms with Gasteiger partial charge in [-0.25, -0.2) is 0 Å². The molecule has 190 valence electrons. The Bertz CT molecular complexity index is 1050. The summed E-state index contributed by atoms with van der Waals surface area (Å²) in [6.07, 6.45) is 1.53. The third-order valence-corrected chi connectivity index (χ3v) is 5.72. The highest BCUT2D eigenvalue weighted by atomic mass is 16.5. The van der Waals surface area contributed by atoms with Gasteiger partial charge in [-0.1, -0.05) is 72.8 Å². The van der Waals surface area contributed by atoms with E-state index in [1.807, 2.05) is 91.9 Å². The van der Waals surface area contributed by atoms with Crippen molar-refractivity contribution in [3.8, 4) is 5.75 Å². The van der Waals surface area contributed by atoms with Gasteiger partial charge in [0.1, 0.15) is 24.4 Å². The van der Waals surface area contributed by atoms with E-state index < -0.39 is 18.1 Å². The minimum absolute atomic E-state index is 0.162. The summed E-state index contributed by atoms with van der Waals surface area (Å²) in [6, 6.07) is 25.7. The molecule has 0 aliphatic heterocycles. The first-order valence-corrected chi connectivity index (χ1v) is 12.5. The molecule has 0 saturated carbocycles. The van der Waals surface area contributed by atoms with Gasteiger partial charge in [0.2, 0.25) is 0 Å². The van der Waals surface area contributed by atoms with Gasteiger partial charge in [0.15, 0.2) is 0 Å². The van der Waals surface area contributed by atoms with E-state index in [0.717, 1.165) is 22.4 Å². The first-order chi connectivity index (χ1) is 17.6. The molecule has 3 aromatic rings. The zero-order valence-electron chi connectivity index (χ0n) is 21.0. The van der Waals surface area contributed by atoms with Crippen molar-refractivity contribution < 1.29 is 23.8 Å². The summed E-state index contributed by atoms with van der Waals surface area (Å²) in [4.78, 5) is 26.0. The fourth-order valence-electron chi connectivity index (χ4n) is 3.87. The predicted molar refractivity (Wildman–Crippen MR) is 140 cm³/mol. The lowest BCUT2D eigenvalue weighted by molar-refractivity contribution is -0.150. The monoisotopic (exact) mass is 489 g/mol. The fourth-order valence-corrected chi connectivity index (χ4v) is 3.87. The molecular weight excluding hydrogens is 454 g/mol. The zero-order chi connectivity index (χ0) is 25.6. The molecule has 0 fully saturated rings. The number of nitrogens with one attached hydrogen (secondary N) is 1. The Morgan fingerprint density at radius 2 is 1.31 bits per heavy atom. The van der Waals surface area contributed by atoms with Gasteiger partial charge in [-0.15, -0.1) is 0 Å². The third-order valence-electron chi connectivity index (χ3n) is 5.72. The Morgan fingerprint density at radius 3 is 1.92 bits per heavy atom. The first kappa shape index (κ1) is 27.0. The van der Waals surface area contributed by atoms with Crippen molar-refractivity contribution in [1.82, 2.24) is 5.32 Å². The van der Waals surface area contributed by atoms with Crippen molar-refractivity contribution in [3.63, 3.8) is 0 Å². The zero-order valence-corrected chi connectivity index (χ0v) is 21.0. The van der Waals surface area contributed by atoms with E-state index in [4.69, 9.17) is 14.2 Å². The van der Waals surface area contributed by atoms with E-state index in [1.165, 1.54) is 0 Å². The highest BCUT2D eigenvalue weighted by Gasteiger charge is 2.28. The molecule has 0 unspecified atom stereocenters. The molecule has 0 amide bonds. The van der Waals surface area contributed by atoms with E-state index in [1.54, 1.807) is 6.92 Å². The lowest BCUT2D eigenvalue weighted by atomic mass is 10.0. The van der Waals surface area contributed by atoms with Gasteiger partial charge in [-0.05, 0) is 61.9 Å². The van der Waals surface area contributed by atoms with Crippen molar-refractivity contribution in [2.24, 2.45) is 0 Å². The number of benzene rings is 3. The molecule has 6 heteroatoms. The van der Waals surface area contributed by atoms with Gasteiger partial charge in [0, 0.05) is 0 Å². The summed E-state index contributed by atoms with van der Waals surface area (Å²) in [5, 5.41) is 3.25. The summed E-state index contributed by atoms with van der Waals surface area (Å²) in [5.41, 5.74) is 2.94. The number of carbonyl (C=O) groups excluding carboxylic acids is 2. The van der Waals surface area contributed by atoms with Crippen molar-refractivity contribution in [3.05, 3.63) is 102 Å². The molecular formula is C30H35NO5. The van der Waals surface area contributed by atoms with Gasteiger partial charge in [0.05, 0.1) is 13.2 Å². The number of aryl methyl sites for hydroxylation is 1. The smallest absolute Gasteiger partial charge is 0.323 e. The SMILES string of the molecule is CCOC(=O)[C@H](CCc1ccccc1)N[C@@H](Cc1ccc(OCC)cc1)C(=O)OCc1ccccc1. The van der Waals surface area contributed by atoms with Crippen LogP contribution in [0.25, 0.3) is 0 Å². The molecule has 6 nitrogen and oxygen atoms in total. The number of carbonyl (C=O) groups is 2. The van der Waals surface area contributed by atoms with Crippen molar-refractivity contribution in [2.75, 3.05) is 13.2 Å². The molecule has 3 rings (SSSR count). The fraction of sp³-hybridized carbons (Fsp3) is 0.333. The van der Waals surface area contributed by atoms with Crippen LogP contribution in [0.1, 0.15) is 37.0 Å². The van der Waals surface area contributed by atoms with Crippen molar-refractivity contribution in [1.29, 1.82) is 0 Å². The largest absolute Gasteiger partial charge is 0.494 e. The molecule has 1 N–H and O–H groups in total. The van der Waals surface area contributed by atoms with Crippen LogP contribution in [0, 0.1) is 0 Å². The lowest BCUT2D eigenvalue weighted by Crippen LogP contribution is -2.49. The van der Waals surface area contributed by atoms with Gasteiger partial charge in [-0.3, -0.25) is 14.9 Å². The average molecular weight is 490 g/mol. The highest BCUT2D eigenvalue weighted by molar-refractivity contribution is 5.80. The van der Waals surface area contributed by atoms with Crippen LogP contribution in [0.5, 0.6) is 5.75 Å². The van der Waals surface area contributed by atoms with Gasteiger partial charge < -0.3 is 14.2 Å². The number of rotatable bonds is 14. The second kappa shape index (κ2) is 14.7. The second-order valence-corrected chi connectivity index (χ2v) is 8.42. The standard InChI is InChI=1S/C30H35NO5/c1-3-34-26-18-15-24(16-19-26)21-28(30(33)36-22-25-13-9-6-10-14-25)31-27(29(32)35-4-2)20-17-23-11-7-5-8-12-23/h5-16,18-19,27-28,31H,3-4,17,20-22H2,1-2H3/t27-,28-/m0/s1. The molecule has 0 bridgehead atoms. The van der Waals surface area contributed by atoms with Crippen LogP contribution in [-0.4, -0.2) is 37.2 Å². The molecule has 0 radical (unpaired) electrons. The summed E-state index contributed by atoms with van der Waals surface area (Å²) in [7, 11) is 0. The summed E-state index contributed by atoms with van der Waals surface area (Å²) >= 11 is 0. The van der Waals surface area contributed by atoms with Crippen LogP contribution in [0.15, 0.2) is 84.9 Å². The summed E-state index contributed by atoms with van der Waals surface area (Å²) in [6.45, 7) is 4.72. The molecule has 3 aromatic carbocycles. The van der Waals surface area contributed by atoms with Crippen LogP contribution >= 0.6 is 0 Å². The van der Waals surface area contributed by atoms with Crippen LogP contribution in [-0.2, 0) is 38.5 Å². The maximum absolute atomic E-state index is 13.2. The molecule has 2 atom stereocenters. The average Bonchev–Trinajstić information content (AvgIpc) is 2.91. The minimum atomic E-state index is -0.725. The Morgan fingerprint density at radius 1 is 0.694 bits per heavy atom. The molecule has 0 spiro atoms.